The fourth-order valence-corrected chi connectivity index (χ4v) is 3.33. The first-order valence-electron chi connectivity index (χ1n) is 8.00. The van der Waals surface area contributed by atoms with E-state index in [1.165, 1.54) is 13.0 Å². The molecule has 1 aromatic rings. The second kappa shape index (κ2) is 10.6. The summed E-state index contributed by atoms with van der Waals surface area (Å²) in [5, 5.41) is -1.10. The molecule has 0 heterocycles. The molecule has 0 fully saturated rings. The lowest BCUT2D eigenvalue weighted by atomic mass is 10.2. The van der Waals surface area contributed by atoms with Crippen molar-refractivity contribution >= 4 is 19.6 Å². The Balaban J connectivity index is 3.29. The Kier molecular flexibility index (Phi) is 9.13. The molecule has 0 saturated carbocycles. The van der Waals surface area contributed by atoms with Gasteiger partial charge < -0.3 is 4.74 Å². The molecule has 0 saturated heterocycles. The van der Waals surface area contributed by atoms with Crippen molar-refractivity contribution in [1.29, 1.82) is 0 Å². The van der Waals surface area contributed by atoms with Crippen LogP contribution in [0.3, 0.4) is 0 Å². The van der Waals surface area contributed by atoms with E-state index in [9.17, 15) is 35.7 Å². The largest absolute Gasteiger partial charge is 0.462 e. The number of carbonyl (C=O) groups is 1. The van der Waals surface area contributed by atoms with Crippen molar-refractivity contribution in [1.82, 2.24) is 0 Å². The number of esters is 1. The van der Waals surface area contributed by atoms with Gasteiger partial charge in [-0.3, -0.25) is 13.6 Å². The predicted octanol–water partition coefficient (Wildman–Crippen LogP) is 5.50. The molecule has 0 radical (unpaired) electrons. The van der Waals surface area contributed by atoms with Gasteiger partial charge in [-0.25, -0.2) is 4.79 Å². The van der Waals surface area contributed by atoms with Gasteiger partial charge in [-0.05, 0) is 18.6 Å². The third-order valence-corrected chi connectivity index (χ3v) is 4.78. The first kappa shape index (κ1) is 24.9. The van der Waals surface area contributed by atoms with Gasteiger partial charge in [-0.2, -0.15) is 26.3 Å². The highest BCUT2D eigenvalue weighted by Crippen LogP contribution is 2.58. The first-order valence-corrected chi connectivity index (χ1v) is 9.54. The molecule has 0 spiro atoms. The van der Waals surface area contributed by atoms with E-state index in [4.69, 9.17) is 0 Å². The van der Waals surface area contributed by atoms with E-state index >= 15 is 0 Å². The van der Waals surface area contributed by atoms with Crippen LogP contribution in [0.5, 0.6) is 0 Å². The molecule has 1 aromatic carbocycles. The molecule has 0 N–H and O–H groups in total. The molecule has 1 rings (SSSR count). The summed E-state index contributed by atoms with van der Waals surface area (Å²) in [5.74, 6) is -1.43. The number of carbonyl (C=O) groups excluding carboxylic acids is 1. The van der Waals surface area contributed by atoms with Gasteiger partial charge in [0.15, 0.2) is 13.2 Å². The molecule has 0 aliphatic rings. The molecule has 0 unspecified atom stereocenters. The molecule has 12 heteroatoms. The van der Waals surface area contributed by atoms with Crippen molar-refractivity contribution in [3.05, 3.63) is 53.4 Å². The Labute approximate surface area is 162 Å². The smallest absolute Gasteiger partial charge is 0.412 e. The number of ether oxygens (including phenoxy) is 1. The van der Waals surface area contributed by atoms with Crippen LogP contribution in [-0.4, -0.2) is 38.1 Å². The maximum absolute atomic E-state index is 12.7. The maximum atomic E-state index is 12.7. The van der Waals surface area contributed by atoms with Gasteiger partial charge in [-0.15, -0.1) is 0 Å². The lowest BCUT2D eigenvalue weighted by Gasteiger charge is -2.21. The minimum Gasteiger partial charge on any atom is -0.462 e. The topological polar surface area (TPSA) is 61.8 Å². The summed E-state index contributed by atoms with van der Waals surface area (Å²) in [6.07, 6.45) is -6.86. The lowest BCUT2D eigenvalue weighted by Crippen LogP contribution is -2.22. The van der Waals surface area contributed by atoms with Crippen LogP contribution in [0.1, 0.15) is 12.5 Å². The summed E-state index contributed by atoms with van der Waals surface area (Å²) in [6.45, 7) is -3.33. The normalized spacial score (nSPS) is 13.7. The van der Waals surface area contributed by atoms with Crippen LogP contribution in [0.4, 0.5) is 26.3 Å². The van der Waals surface area contributed by atoms with E-state index < -0.39 is 44.4 Å². The number of benzene rings is 1. The summed E-state index contributed by atoms with van der Waals surface area (Å²) in [7, 11) is -5.33. The van der Waals surface area contributed by atoms with Gasteiger partial charge in [-0.1, -0.05) is 42.5 Å². The van der Waals surface area contributed by atoms with Gasteiger partial charge in [0.1, 0.15) is 5.31 Å². The van der Waals surface area contributed by atoms with Crippen LogP contribution in [-0.2, 0) is 23.1 Å². The molecule has 0 aromatic heterocycles. The molecule has 0 aliphatic heterocycles. The molecule has 5 nitrogen and oxygen atoms in total. The first-order chi connectivity index (χ1) is 13.4. The average molecular weight is 446 g/mol. The molecule has 29 heavy (non-hydrogen) atoms. The number of allylic oxidation sites excluding steroid dienone is 2. The average Bonchev–Trinajstić information content (AvgIpc) is 2.62. The highest BCUT2D eigenvalue weighted by molar-refractivity contribution is 7.60. The number of rotatable bonds is 9. The van der Waals surface area contributed by atoms with Crippen LogP contribution in [0.25, 0.3) is 6.08 Å². The van der Waals surface area contributed by atoms with Crippen LogP contribution in [0.15, 0.2) is 47.8 Å². The minimum atomic E-state index is -5.33. The fraction of sp³-hybridized carbons (Fsp3) is 0.353. The van der Waals surface area contributed by atoms with Crippen LogP contribution < -0.4 is 0 Å². The molecule has 0 bridgehead atoms. The highest BCUT2D eigenvalue weighted by Gasteiger charge is 2.43. The molecule has 0 amide bonds. The van der Waals surface area contributed by atoms with Gasteiger partial charge >= 0.3 is 25.9 Å². The Morgan fingerprint density at radius 3 is 1.97 bits per heavy atom. The monoisotopic (exact) mass is 446 g/mol. The van der Waals surface area contributed by atoms with E-state index in [0.717, 1.165) is 12.2 Å². The minimum absolute atomic E-state index is 0.281. The van der Waals surface area contributed by atoms with Crippen molar-refractivity contribution < 1.29 is 49.5 Å². The van der Waals surface area contributed by atoms with E-state index in [-0.39, 0.29) is 6.61 Å². The van der Waals surface area contributed by atoms with E-state index in [0.29, 0.717) is 5.56 Å². The number of alkyl halides is 6. The van der Waals surface area contributed by atoms with Crippen LogP contribution in [0, 0.1) is 0 Å². The van der Waals surface area contributed by atoms with Crippen LogP contribution in [0.2, 0.25) is 0 Å². The van der Waals surface area contributed by atoms with Crippen molar-refractivity contribution in [2.75, 3.05) is 19.8 Å². The fourth-order valence-electron chi connectivity index (χ4n) is 1.78. The third kappa shape index (κ3) is 9.78. The molecular weight excluding hydrogens is 429 g/mol. The Bertz CT molecular complexity index is 749. The van der Waals surface area contributed by atoms with E-state index in [2.05, 4.69) is 13.8 Å². The molecule has 0 aliphatic carbocycles. The second-order valence-electron chi connectivity index (χ2n) is 5.32. The van der Waals surface area contributed by atoms with Crippen molar-refractivity contribution in [2.45, 2.75) is 19.3 Å². The number of hydrogen-bond donors (Lipinski definition) is 0. The molecule has 0 atom stereocenters. The van der Waals surface area contributed by atoms with Crippen molar-refractivity contribution in [3.63, 3.8) is 0 Å². The molecular formula is C17H17F6O5P. The Hall–Kier alpha value is -2.10. The lowest BCUT2D eigenvalue weighted by molar-refractivity contribution is -0.165. The number of hydrogen-bond acceptors (Lipinski definition) is 5. The zero-order valence-electron chi connectivity index (χ0n) is 15.0. The number of halogens is 6. The Morgan fingerprint density at radius 2 is 1.52 bits per heavy atom. The van der Waals surface area contributed by atoms with Gasteiger partial charge in [0.25, 0.3) is 0 Å². The summed E-state index contributed by atoms with van der Waals surface area (Å²) in [4.78, 5) is 12.1. The summed E-state index contributed by atoms with van der Waals surface area (Å²) >= 11 is 0. The quantitative estimate of drug-likeness (QED) is 0.165. The van der Waals surface area contributed by atoms with Crippen molar-refractivity contribution in [2.24, 2.45) is 0 Å². The van der Waals surface area contributed by atoms with Gasteiger partial charge in [0, 0.05) is 0 Å². The standard InChI is InChI=1S/C17H17F6O5P/c1-2-26-15(24)14(10-6-9-13-7-4-3-5-8-13)29(25,27-11-16(18,19)20)28-12-17(21,22)23/h3-10H,2,11-12H2,1H3/b9-6+,14-10-. The van der Waals surface area contributed by atoms with E-state index in [1.807, 2.05) is 0 Å². The Morgan fingerprint density at radius 1 is 1.00 bits per heavy atom. The third-order valence-electron chi connectivity index (χ3n) is 2.92. The van der Waals surface area contributed by atoms with E-state index in [1.54, 1.807) is 30.3 Å². The summed E-state index contributed by atoms with van der Waals surface area (Å²) < 4.78 is 100. The highest BCUT2D eigenvalue weighted by atomic mass is 31.2. The summed E-state index contributed by atoms with van der Waals surface area (Å²) in [5.41, 5.74) is 0.592. The van der Waals surface area contributed by atoms with Gasteiger partial charge in [0.05, 0.1) is 6.61 Å². The maximum Gasteiger partial charge on any atom is 0.412 e. The zero-order chi connectivity index (χ0) is 22.1. The van der Waals surface area contributed by atoms with Gasteiger partial charge in [0.2, 0.25) is 0 Å². The van der Waals surface area contributed by atoms with Crippen LogP contribution >= 0.6 is 7.60 Å². The van der Waals surface area contributed by atoms with Crippen molar-refractivity contribution in [3.8, 4) is 0 Å². The second-order valence-corrected chi connectivity index (χ2v) is 7.31. The zero-order valence-corrected chi connectivity index (χ0v) is 15.9. The molecule has 162 valence electrons. The summed E-state index contributed by atoms with van der Waals surface area (Å²) in [6, 6.07) is 8.31. The predicted molar refractivity (Wildman–Crippen MR) is 91.8 cm³/mol. The SMILES string of the molecule is CCOC(=O)/C(=C/C=C/c1ccccc1)P(=O)(OCC(F)(F)F)OCC(F)(F)F.